The molecule has 0 heterocycles. The number of aliphatic hydroxyl groups is 1. The summed E-state index contributed by atoms with van der Waals surface area (Å²) in [6.45, 7) is 1.95. The van der Waals surface area contributed by atoms with Gasteiger partial charge in [-0.1, -0.05) is 18.2 Å². The van der Waals surface area contributed by atoms with Crippen molar-refractivity contribution in [2.24, 2.45) is 5.92 Å². The summed E-state index contributed by atoms with van der Waals surface area (Å²) < 4.78 is 0. The second kappa shape index (κ2) is 7.03. The number of hydrogen-bond acceptors (Lipinski definition) is 4. The van der Waals surface area contributed by atoms with Crippen LogP contribution in [0, 0.1) is 16.0 Å². The number of hydrogen-bond donors (Lipinski definition) is 1. The molecule has 0 aliphatic heterocycles. The van der Waals surface area contributed by atoms with E-state index in [1.165, 1.54) is 18.2 Å². The van der Waals surface area contributed by atoms with E-state index in [1.54, 1.807) is 35.2 Å². The predicted octanol–water partition coefficient (Wildman–Crippen LogP) is 3.53. The summed E-state index contributed by atoms with van der Waals surface area (Å²) >= 11 is 0. The minimum atomic E-state index is -0.499. The van der Waals surface area contributed by atoms with Gasteiger partial charge in [0, 0.05) is 29.4 Å². The first-order valence-electron chi connectivity index (χ1n) is 8.29. The van der Waals surface area contributed by atoms with Crippen molar-refractivity contribution in [3.05, 3.63) is 69.8 Å². The van der Waals surface area contributed by atoms with Gasteiger partial charge in [-0.25, -0.2) is 0 Å². The molecule has 0 bridgehead atoms. The smallest absolute Gasteiger partial charge is 0.270 e. The van der Waals surface area contributed by atoms with Crippen LogP contribution in [0.3, 0.4) is 0 Å². The van der Waals surface area contributed by atoms with Crippen LogP contribution in [-0.2, 0) is 6.61 Å². The fraction of sp³-hybridized carbons (Fsp3) is 0.316. The van der Waals surface area contributed by atoms with Gasteiger partial charge in [-0.05, 0) is 49.4 Å². The maximum atomic E-state index is 13.1. The Hall–Kier alpha value is -2.73. The van der Waals surface area contributed by atoms with E-state index in [9.17, 15) is 20.0 Å². The summed E-state index contributed by atoms with van der Waals surface area (Å²) in [5.74, 6) is 0.194. The zero-order valence-corrected chi connectivity index (χ0v) is 14.0. The number of carbonyl (C=O) groups is 1. The molecule has 1 atom stereocenters. The maximum Gasteiger partial charge on any atom is 0.270 e. The first-order chi connectivity index (χ1) is 12.0. The Labute approximate surface area is 145 Å². The van der Waals surface area contributed by atoms with Crippen LogP contribution in [0.15, 0.2) is 48.5 Å². The molecule has 0 spiro atoms. The highest BCUT2D eigenvalue weighted by atomic mass is 16.6. The molecular formula is C19H20N2O4. The Morgan fingerprint density at radius 3 is 2.52 bits per heavy atom. The van der Waals surface area contributed by atoms with Crippen molar-refractivity contribution in [1.29, 1.82) is 0 Å². The molecule has 130 valence electrons. The number of carbonyl (C=O) groups excluding carboxylic acids is 1. The zero-order valence-electron chi connectivity index (χ0n) is 14.0. The highest BCUT2D eigenvalue weighted by Crippen LogP contribution is 2.37. The number of benzene rings is 2. The van der Waals surface area contributed by atoms with Crippen LogP contribution in [0.2, 0.25) is 0 Å². The first-order valence-corrected chi connectivity index (χ1v) is 8.29. The molecule has 1 aliphatic rings. The molecule has 25 heavy (non-hydrogen) atoms. The van der Waals surface area contributed by atoms with Crippen molar-refractivity contribution in [3.63, 3.8) is 0 Å². The number of nitrogens with zero attached hydrogens (tertiary/aromatic N) is 2. The number of anilines is 1. The lowest BCUT2D eigenvalue weighted by Crippen LogP contribution is -2.40. The average molecular weight is 340 g/mol. The molecule has 0 unspecified atom stereocenters. The second-order valence-electron chi connectivity index (χ2n) is 6.39. The van der Waals surface area contributed by atoms with Crippen molar-refractivity contribution in [2.75, 3.05) is 4.90 Å². The lowest BCUT2D eigenvalue weighted by molar-refractivity contribution is -0.384. The molecule has 6 nitrogen and oxygen atoms in total. The zero-order chi connectivity index (χ0) is 18.0. The summed E-state index contributed by atoms with van der Waals surface area (Å²) in [4.78, 5) is 25.3. The van der Waals surface area contributed by atoms with Gasteiger partial charge in [0.25, 0.3) is 11.6 Å². The first kappa shape index (κ1) is 17.1. The molecule has 0 aromatic heterocycles. The van der Waals surface area contributed by atoms with Crippen molar-refractivity contribution in [2.45, 2.75) is 32.4 Å². The molecule has 3 rings (SSSR count). The number of aliphatic hydroxyl groups excluding tert-OH is 1. The highest BCUT2D eigenvalue weighted by Gasteiger charge is 2.35. The van der Waals surface area contributed by atoms with Crippen LogP contribution in [0.4, 0.5) is 11.4 Å². The lowest BCUT2D eigenvalue weighted by Gasteiger charge is -2.30. The third-order valence-corrected chi connectivity index (χ3v) is 4.63. The van der Waals surface area contributed by atoms with E-state index in [-0.39, 0.29) is 24.2 Å². The Morgan fingerprint density at radius 1 is 1.28 bits per heavy atom. The van der Waals surface area contributed by atoms with Crippen LogP contribution < -0.4 is 4.90 Å². The monoisotopic (exact) mass is 340 g/mol. The van der Waals surface area contributed by atoms with Crippen molar-refractivity contribution >= 4 is 17.3 Å². The molecule has 1 saturated carbocycles. The van der Waals surface area contributed by atoms with E-state index in [2.05, 4.69) is 0 Å². The van der Waals surface area contributed by atoms with Gasteiger partial charge in [0.1, 0.15) is 0 Å². The normalized spacial score (nSPS) is 14.8. The maximum absolute atomic E-state index is 13.1. The standard InChI is InChI=1S/C19H20N2O4/c1-13(15-7-8-15)20(17-9-5-14(12-22)6-10-17)19(23)16-3-2-4-18(11-16)21(24)25/h2-6,9-11,13,15,22H,7-8,12H2,1H3/t13-/m0/s1. The lowest BCUT2D eigenvalue weighted by atomic mass is 10.1. The second-order valence-corrected chi connectivity index (χ2v) is 6.39. The Morgan fingerprint density at radius 2 is 1.96 bits per heavy atom. The van der Waals surface area contributed by atoms with Gasteiger partial charge in [-0.15, -0.1) is 0 Å². The van der Waals surface area contributed by atoms with E-state index in [0.717, 1.165) is 24.1 Å². The van der Waals surface area contributed by atoms with Crippen molar-refractivity contribution in [3.8, 4) is 0 Å². The van der Waals surface area contributed by atoms with Gasteiger partial charge in [-0.2, -0.15) is 0 Å². The molecule has 2 aromatic carbocycles. The van der Waals surface area contributed by atoms with Crippen LogP contribution in [0.25, 0.3) is 0 Å². The van der Waals surface area contributed by atoms with E-state index in [1.807, 2.05) is 6.92 Å². The fourth-order valence-electron chi connectivity index (χ4n) is 2.98. The largest absolute Gasteiger partial charge is 0.392 e. The molecule has 0 saturated heterocycles. The van der Waals surface area contributed by atoms with E-state index < -0.39 is 4.92 Å². The van der Waals surface area contributed by atoms with Crippen LogP contribution in [0.1, 0.15) is 35.7 Å². The molecule has 0 radical (unpaired) electrons. The van der Waals surface area contributed by atoms with E-state index in [4.69, 9.17) is 0 Å². The fourth-order valence-corrected chi connectivity index (χ4v) is 2.98. The average Bonchev–Trinajstić information content (AvgIpc) is 3.47. The SMILES string of the molecule is C[C@@H](C1CC1)N(C(=O)c1cccc([N+](=O)[O-])c1)c1ccc(CO)cc1. The van der Waals surface area contributed by atoms with Gasteiger partial charge >= 0.3 is 0 Å². The number of nitro groups is 1. The number of nitro benzene ring substituents is 1. The quantitative estimate of drug-likeness (QED) is 0.644. The summed E-state index contributed by atoms with van der Waals surface area (Å²) in [7, 11) is 0. The molecule has 6 heteroatoms. The minimum absolute atomic E-state index is 0.00624. The molecule has 1 amide bonds. The topological polar surface area (TPSA) is 83.7 Å². The molecule has 1 N–H and O–H groups in total. The Kier molecular flexibility index (Phi) is 4.81. The summed E-state index contributed by atoms with van der Waals surface area (Å²) in [5, 5.41) is 20.2. The molecular weight excluding hydrogens is 320 g/mol. The van der Waals surface area contributed by atoms with Gasteiger partial charge in [0.05, 0.1) is 11.5 Å². The molecule has 1 aliphatic carbocycles. The van der Waals surface area contributed by atoms with Gasteiger partial charge in [0.2, 0.25) is 0 Å². The number of non-ortho nitro benzene ring substituents is 1. The van der Waals surface area contributed by atoms with Crippen molar-refractivity contribution in [1.82, 2.24) is 0 Å². The number of rotatable bonds is 6. The predicted molar refractivity (Wildman–Crippen MR) is 94.5 cm³/mol. The van der Waals surface area contributed by atoms with Crippen molar-refractivity contribution < 1.29 is 14.8 Å². The third-order valence-electron chi connectivity index (χ3n) is 4.63. The molecule has 1 fully saturated rings. The highest BCUT2D eigenvalue weighted by molar-refractivity contribution is 6.06. The summed E-state index contributed by atoms with van der Waals surface area (Å²) in [6, 6.07) is 13.0. The summed E-state index contributed by atoms with van der Waals surface area (Å²) in [6.07, 6.45) is 2.16. The third kappa shape index (κ3) is 3.69. The van der Waals surface area contributed by atoms with Crippen LogP contribution >= 0.6 is 0 Å². The van der Waals surface area contributed by atoms with Crippen LogP contribution in [-0.4, -0.2) is 22.0 Å². The van der Waals surface area contributed by atoms with Crippen LogP contribution in [0.5, 0.6) is 0 Å². The Bertz CT molecular complexity index is 784. The number of amides is 1. The van der Waals surface area contributed by atoms with Gasteiger partial charge in [0.15, 0.2) is 0 Å². The van der Waals surface area contributed by atoms with E-state index in [0.29, 0.717) is 11.5 Å². The molecule has 2 aromatic rings. The van der Waals surface area contributed by atoms with Gasteiger partial charge in [-0.3, -0.25) is 14.9 Å². The Balaban J connectivity index is 1.97. The van der Waals surface area contributed by atoms with Gasteiger partial charge < -0.3 is 10.0 Å². The minimum Gasteiger partial charge on any atom is -0.392 e. The van der Waals surface area contributed by atoms with E-state index >= 15 is 0 Å². The summed E-state index contributed by atoms with van der Waals surface area (Å²) in [5.41, 5.74) is 1.70.